The Morgan fingerprint density at radius 3 is 2.71 bits per heavy atom. The number of ether oxygens (including phenoxy) is 2. The Hall–Kier alpha value is -2.24. The van der Waals surface area contributed by atoms with Crippen LogP contribution in [0.4, 0.5) is 0 Å². The summed E-state index contributed by atoms with van der Waals surface area (Å²) in [6.45, 7) is 2.60. The molecule has 0 aromatic heterocycles. The molecule has 1 aromatic rings. The van der Waals surface area contributed by atoms with E-state index in [-0.39, 0.29) is 30.5 Å². The standard InChI is InChI=1S/C15H21NO5/c1-3-8-21-15(19)7-6-14(18)16-10-11-4-5-12(17)13(9-11)20-2/h4-5,9,17H,3,6-8,10H2,1-2H3,(H,16,18). The average molecular weight is 295 g/mol. The summed E-state index contributed by atoms with van der Waals surface area (Å²) in [7, 11) is 1.46. The zero-order valence-corrected chi connectivity index (χ0v) is 12.3. The highest BCUT2D eigenvalue weighted by atomic mass is 16.5. The first-order valence-corrected chi connectivity index (χ1v) is 6.85. The second-order valence-electron chi connectivity index (χ2n) is 4.50. The molecule has 21 heavy (non-hydrogen) atoms. The number of methoxy groups -OCH3 is 1. The molecule has 0 saturated heterocycles. The Kier molecular flexibility index (Phi) is 7.08. The van der Waals surface area contributed by atoms with Crippen LogP contribution in [0.3, 0.4) is 0 Å². The van der Waals surface area contributed by atoms with Crippen molar-refractivity contribution in [2.75, 3.05) is 13.7 Å². The maximum absolute atomic E-state index is 11.6. The minimum atomic E-state index is -0.363. The molecule has 116 valence electrons. The molecule has 0 unspecified atom stereocenters. The van der Waals surface area contributed by atoms with Crippen molar-refractivity contribution in [2.45, 2.75) is 32.7 Å². The van der Waals surface area contributed by atoms with E-state index in [1.807, 2.05) is 6.92 Å². The van der Waals surface area contributed by atoms with Crippen molar-refractivity contribution >= 4 is 11.9 Å². The van der Waals surface area contributed by atoms with Gasteiger partial charge in [-0.1, -0.05) is 13.0 Å². The van der Waals surface area contributed by atoms with E-state index >= 15 is 0 Å². The predicted octanol–water partition coefficient (Wildman–Crippen LogP) is 1.75. The van der Waals surface area contributed by atoms with E-state index in [0.29, 0.717) is 18.9 Å². The molecule has 0 aliphatic rings. The summed E-state index contributed by atoms with van der Waals surface area (Å²) >= 11 is 0. The largest absolute Gasteiger partial charge is 0.504 e. The van der Waals surface area contributed by atoms with Gasteiger partial charge in [-0.3, -0.25) is 9.59 Å². The molecule has 0 atom stereocenters. The van der Waals surface area contributed by atoms with Crippen LogP contribution < -0.4 is 10.1 Å². The number of esters is 1. The van der Waals surface area contributed by atoms with E-state index in [1.54, 1.807) is 12.1 Å². The van der Waals surface area contributed by atoms with Gasteiger partial charge in [0.15, 0.2) is 11.5 Å². The Labute approximate surface area is 124 Å². The normalized spacial score (nSPS) is 10.0. The van der Waals surface area contributed by atoms with Crippen molar-refractivity contribution in [3.05, 3.63) is 23.8 Å². The maximum Gasteiger partial charge on any atom is 0.306 e. The first-order valence-electron chi connectivity index (χ1n) is 6.85. The number of rotatable bonds is 8. The first kappa shape index (κ1) is 16.8. The van der Waals surface area contributed by atoms with Crippen LogP contribution in [-0.4, -0.2) is 30.7 Å². The lowest BCUT2D eigenvalue weighted by Gasteiger charge is -2.08. The van der Waals surface area contributed by atoms with Crippen LogP contribution in [-0.2, 0) is 20.9 Å². The van der Waals surface area contributed by atoms with E-state index in [9.17, 15) is 14.7 Å². The number of hydrogen-bond acceptors (Lipinski definition) is 5. The minimum absolute atomic E-state index is 0.0475. The van der Waals surface area contributed by atoms with Gasteiger partial charge in [0.05, 0.1) is 20.1 Å². The molecule has 1 amide bonds. The third-order valence-corrected chi connectivity index (χ3v) is 2.76. The van der Waals surface area contributed by atoms with Crippen molar-refractivity contribution in [3.8, 4) is 11.5 Å². The third-order valence-electron chi connectivity index (χ3n) is 2.76. The molecule has 0 bridgehead atoms. The van der Waals surface area contributed by atoms with Crippen molar-refractivity contribution in [3.63, 3.8) is 0 Å². The molecule has 0 spiro atoms. The highest BCUT2D eigenvalue weighted by molar-refractivity contribution is 5.81. The number of phenols is 1. The van der Waals surface area contributed by atoms with Crippen LogP contribution in [0.2, 0.25) is 0 Å². The Morgan fingerprint density at radius 1 is 1.29 bits per heavy atom. The fourth-order valence-corrected chi connectivity index (χ4v) is 1.62. The molecule has 0 heterocycles. The van der Waals surface area contributed by atoms with Crippen LogP contribution >= 0.6 is 0 Å². The predicted molar refractivity (Wildman–Crippen MR) is 77.0 cm³/mol. The van der Waals surface area contributed by atoms with E-state index in [0.717, 1.165) is 12.0 Å². The smallest absolute Gasteiger partial charge is 0.306 e. The van der Waals surface area contributed by atoms with Crippen molar-refractivity contribution in [1.82, 2.24) is 5.32 Å². The highest BCUT2D eigenvalue weighted by Gasteiger charge is 2.08. The van der Waals surface area contributed by atoms with Gasteiger partial charge in [0.2, 0.25) is 5.91 Å². The fraction of sp³-hybridized carbons (Fsp3) is 0.467. The third kappa shape index (κ3) is 6.16. The lowest BCUT2D eigenvalue weighted by molar-refractivity contribution is -0.145. The summed E-state index contributed by atoms with van der Waals surface area (Å²) in [5, 5.41) is 12.2. The SMILES string of the molecule is CCCOC(=O)CCC(=O)NCc1ccc(O)c(OC)c1. The second kappa shape index (κ2) is 8.84. The van der Waals surface area contributed by atoms with Crippen molar-refractivity contribution < 1.29 is 24.2 Å². The van der Waals surface area contributed by atoms with Crippen LogP contribution in [0.25, 0.3) is 0 Å². The maximum atomic E-state index is 11.6. The van der Waals surface area contributed by atoms with Gasteiger partial charge in [-0.15, -0.1) is 0 Å². The number of benzene rings is 1. The van der Waals surface area contributed by atoms with Gasteiger partial charge in [0.25, 0.3) is 0 Å². The summed E-state index contributed by atoms with van der Waals surface area (Å²) in [5.74, 6) is -0.190. The molecular weight excluding hydrogens is 274 g/mol. The Morgan fingerprint density at radius 2 is 2.05 bits per heavy atom. The van der Waals surface area contributed by atoms with E-state index in [1.165, 1.54) is 13.2 Å². The van der Waals surface area contributed by atoms with Crippen LogP contribution in [0.5, 0.6) is 11.5 Å². The number of carbonyl (C=O) groups is 2. The number of carbonyl (C=O) groups excluding carboxylic acids is 2. The van der Waals surface area contributed by atoms with E-state index in [4.69, 9.17) is 9.47 Å². The zero-order chi connectivity index (χ0) is 15.7. The van der Waals surface area contributed by atoms with Gasteiger partial charge in [0, 0.05) is 13.0 Å². The Balaban J connectivity index is 2.34. The molecule has 0 radical (unpaired) electrons. The molecular formula is C15H21NO5. The van der Waals surface area contributed by atoms with Gasteiger partial charge < -0.3 is 19.9 Å². The number of amides is 1. The van der Waals surface area contributed by atoms with Gasteiger partial charge in [0.1, 0.15) is 0 Å². The summed E-state index contributed by atoms with van der Waals surface area (Å²) in [6, 6.07) is 4.83. The van der Waals surface area contributed by atoms with Gasteiger partial charge >= 0.3 is 5.97 Å². The molecule has 6 heteroatoms. The molecule has 2 N–H and O–H groups in total. The number of nitrogens with one attached hydrogen (secondary N) is 1. The quantitative estimate of drug-likeness (QED) is 0.714. The van der Waals surface area contributed by atoms with Crippen molar-refractivity contribution in [2.24, 2.45) is 0 Å². The fourth-order valence-electron chi connectivity index (χ4n) is 1.62. The van der Waals surface area contributed by atoms with E-state index in [2.05, 4.69) is 5.32 Å². The van der Waals surface area contributed by atoms with Crippen molar-refractivity contribution in [1.29, 1.82) is 0 Å². The van der Waals surface area contributed by atoms with Gasteiger partial charge in [-0.25, -0.2) is 0 Å². The van der Waals surface area contributed by atoms with E-state index < -0.39 is 0 Å². The molecule has 0 aliphatic heterocycles. The lowest BCUT2D eigenvalue weighted by atomic mass is 10.2. The number of phenolic OH excluding ortho intramolecular Hbond substituents is 1. The highest BCUT2D eigenvalue weighted by Crippen LogP contribution is 2.26. The number of aromatic hydroxyl groups is 1. The van der Waals surface area contributed by atoms with Crippen LogP contribution in [0.1, 0.15) is 31.7 Å². The summed E-state index contributed by atoms with van der Waals surface area (Å²) in [4.78, 5) is 22.9. The lowest BCUT2D eigenvalue weighted by Crippen LogP contribution is -2.23. The number of hydrogen-bond donors (Lipinski definition) is 2. The molecule has 6 nitrogen and oxygen atoms in total. The summed E-state index contributed by atoms with van der Waals surface area (Å²) in [6.07, 6.45) is 0.934. The summed E-state index contributed by atoms with van der Waals surface area (Å²) < 4.78 is 9.87. The minimum Gasteiger partial charge on any atom is -0.504 e. The van der Waals surface area contributed by atoms with Crippen LogP contribution in [0, 0.1) is 0 Å². The molecule has 0 saturated carbocycles. The topological polar surface area (TPSA) is 84.9 Å². The molecule has 1 rings (SSSR count). The Bertz CT molecular complexity index is 487. The average Bonchev–Trinajstić information content (AvgIpc) is 2.49. The second-order valence-corrected chi connectivity index (χ2v) is 4.50. The van der Waals surface area contributed by atoms with Crippen LogP contribution in [0.15, 0.2) is 18.2 Å². The monoisotopic (exact) mass is 295 g/mol. The summed E-state index contributed by atoms with van der Waals surface area (Å²) in [5.41, 5.74) is 0.798. The zero-order valence-electron chi connectivity index (χ0n) is 12.3. The molecule has 0 fully saturated rings. The van der Waals surface area contributed by atoms with Gasteiger partial charge in [-0.2, -0.15) is 0 Å². The molecule has 0 aliphatic carbocycles. The molecule has 1 aromatic carbocycles. The first-order chi connectivity index (χ1) is 10.1. The van der Waals surface area contributed by atoms with Gasteiger partial charge in [-0.05, 0) is 24.1 Å².